The molecule has 0 N–H and O–H groups in total. The van der Waals surface area contributed by atoms with Crippen molar-refractivity contribution in [3.05, 3.63) is 158 Å². The molecule has 0 fully saturated rings. The summed E-state index contributed by atoms with van der Waals surface area (Å²) >= 11 is 0. The molecule has 0 radical (unpaired) electrons. The molecule has 228 valence electrons. The van der Waals surface area contributed by atoms with Crippen molar-refractivity contribution in [3.8, 4) is 22.6 Å². The number of rotatable bonds is 3. The summed E-state index contributed by atoms with van der Waals surface area (Å²) in [6.07, 6.45) is 1.87. The molecule has 0 amide bonds. The highest BCUT2D eigenvalue weighted by Gasteiger charge is 2.19. The average molecular weight is 627 g/mol. The monoisotopic (exact) mass is 626 g/mol. The maximum absolute atomic E-state index is 6.31. The molecular formula is C44H26N4O. The lowest BCUT2D eigenvalue weighted by atomic mass is 10.0. The summed E-state index contributed by atoms with van der Waals surface area (Å²) in [5, 5.41) is 8.09. The van der Waals surface area contributed by atoms with Crippen LogP contribution in [0.5, 0.6) is 0 Å². The van der Waals surface area contributed by atoms with Crippen LogP contribution in [0.4, 0.5) is 0 Å². The quantitative estimate of drug-likeness (QED) is 0.196. The third kappa shape index (κ3) is 3.75. The number of nitrogens with zero attached hydrogens (tertiary/aromatic N) is 4. The number of hydrogen-bond donors (Lipinski definition) is 0. The molecule has 0 bridgehead atoms. The number of fused-ring (bicyclic) bond motifs is 11. The van der Waals surface area contributed by atoms with Gasteiger partial charge in [-0.2, -0.15) is 4.98 Å². The van der Waals surface area contributed by atoms with Gasteiger partial charge in [0.05, 0.1) is 33.6 Å². The van der Waals surface area contributed by atoms with E-state index < -0.39 is 0 Å². The van der Waals surface area contributed by atoms with Crippen LogP contribution in [0.1, 0.15) is 0 Å². The van der Waals surface area contributed by atoms with E-state index in [0.29, 0.717) is 5.71 Å². The molecule has 7 aromatic carbocycles. The van der Waals surface area contributed by atoms with Crippen LogP contribution in [-0.2, 0) is 0 Å². The Morgan fingerprint density at radius 3 is 1.80 bits per heavy atom. The first-order valence-electron chi connectivity index (χ1n) is 16.5. The molecule has 49 heavy (non-hydrogen) atoms. The first kappa shape index (κ1) is 26.4. The first-order chi connectivity index (χ1) is 24.3. The topological polar surface area (TPSA) is 48.8 Å². The van der Waals surface area contributed by atoms with E-state index in [1.54, 1.807) is 0 Å². The molecule has 0 spiro atoms. The van der Waals surface area contributed by atoms with Gasteiger partial charge >= 0.3 is 0 Å². The molecular weight excluding hydrogens is 601 g/mol. The fraction of sp³-hybridized carbons (Fsp3) is 0. The predicted octanol–water partition coefficient (Wildman–Crippen LogP) is 11.4. The molecule has 5 heteroatoms. The van der Waals surface area contributed by atoms with Crippen LogP contribution >= 0.6 is 0 Å². The largest absolute Gasteiger partial charge is 0.436 e. The Bertz CT molecular complexity index is 3110. The van der Waals surface area contributed by atoms with Crippen LogP contribution in [0, 0.1) is 0 Å². The van der Waals surface area contributed by atoms with Gasteiger partial charge < -0.3 is 8.98 Å². The van der Waals surface area contributed by atoms with Crippen LogP contribution in [0.25, 0.3) is 99.2 Å². The molecule has 0 unspecified atom stereocenters. The average Bonchev–Trinajstić information content (AvgIpc) is 3.82. The fourth-order valence-electron chi connectivity index (χ4n) is 7.81. The molecule has 11 aromatic rings. The lowest BCUT2D eigenvalue weighted by molar-refractivity contribution is 0.652. The second-order valence-electron chi connectivity index (χ2n) is 12.6. The molecule has 11 rings (SSSR count). The van der Waals surface area contributed by atoms with Gasteiger partial charge in [0, 0.05) is 27.2 Å². The molecule has 0 saturated heterocycles. The van der Waals surface area contributed by atoms with E-state index in [9.17, 15) is 0 Å². The summed E-state index contributed by atoms with van der Waals surface area (Å²) < 4.78 is 10.9. The van der Waals surface area contributed by atoms with Gasteiger partial charge in [-0.05, 0) is 76.5 Å². The minimum Gasteiger partial charge on any atom is -0.436 e. The SMILES string of the molecule is c1ccc(-n2c3ccccc3c3cc(-c4ccc5c(c4)c4ccccc4n5-c4cnc5c(n4)oc4ccc6ccccc6c45)ccc32)cc1. The number of benzene rings is 7. The molecule has 5 nitrogen and oxygen atoms in total. The Balaban J connectivity index is 1.09. The van der Waals surface area contributed by atoms with Crippen molar-refractivity contribution in [2.75, 3.05) is 0 Å². The predicted molar refractivity (Wildman–Crippen MR) is 201 cm³/mol. The molecule has 0 saturated carbocycles. The van der Waals surface area contributed by atoms with Crippen molar-refractivity contribution < 1.29 is 4.42 Å². The second-order valence-corrected chi connectivity index (χ2v) is 12.6. The highest BCUT2D eigenvalue weighted by atomic mass is 16.3. The van der Waals surface area contributed by atoms with E-state index in [4.69, 9.17) is 14.4 Å². The molecule has 0 atom stereocenters. The molecule has 0 aliphatic heterocycles. The Morgan fingerprint density at radius 2 is 1.06 bits per heavy atom. The van der Waals surface area contributed by atoms with Crippen LogP contribution in [0.3, 0.4) is 0 Å². The lowest BCUT2D eigenvalue weighted by Crippen LogP contribution is -1.98. The normalized spacial score (nSPS) is 12.1. The molecule has 4 heterocycles. The van der Waals surface area contributed by atoms with E-state index in [1.165, 1.54) is 38.3 Å². The van der Waals surface area contributed by atoms with Crippen molar-refractivity contribution in [2.45, 2.75) is 0 Å². The van der Waals surface area contributed by atoms with E-state index in [-0.39, 0.29) is 0 Å². The van der Waals surface area contributed by atoms with Crippen LogP contribution in [0.15, 0.2) is 162 Å². The van der Waals surface area contributed by atoms with Crippen molar-refractivity contribution >= 4 is 76.6 Å². The Labute approximate surface area is 279 Å². The van der Waals surface area contributed by atoms with Gasteiger partial charge in [-0.1, -0.05) is 97.1 Å². The molecule has 4 aromatic heterocycles. The summed E-state index contributed by atoms with van der Waals surface area (Å²) in [5.41, 5.74) is 10.2. The van der Waals surface area contributed by atoms with E-state index >= 15 is 0 Å². The van der Waals surface area contributed by atoms with Gasteiger partial charge in [0.15, 0.2) is 5.82 Å². The first-order valence-corrected chi connectivity index (χ1v) is 16.5. The number of aromatic nitrogens is 4. The maximum atomic E-state index is 6.31. The van der Waals surface area contributed by atoms with E-state index in [1.807, 2.05) is 12.3 Å². The molecule has 0 aliphatic rings. The highest BCUT2D eigenvalue weighted by molar-refractivity contribution is 6.17. The maximum Gasteiger partial charge on any atom is 0.248 e. The van der Waals surface area contributed by atoms with Gasteiger partial charge in [-0.25, -0.2) is 4.98 Å². The minimum absolute atomic E-state index is 0.536. The van der Waals surface area contributed by atoms with Crippen molar-refractivity contribution in [3.63, 3.8) is 0 Å². The van der Waals surface area contributed by atoms with Gasteiger partial charge in [-0.15, -0.1) is 0 Å². The fourth-order valence-corrected chi connectivity index (χ4v) is 7.81. The van der Waals surface area contributed by atoms with Gasteiger partial charge in [0.1, 0.15) is 11.1 Å². The number of para-hydroxylation sites is 3. The van der Waals surface area contributed by atoms with Crippen LogP contribution < -0.4 is 0 Å². The van der Waals surface area contributed by atoms with Gasteiger partial charge in [0.2, 0.25) is 5.71 Å². The highest BCUT2D eigenvalue weighted by Crippen LogP contribution is 2.39. The van der Waals surface area contributed by atoms with Crippen molar-refractivity contribution in [1.82, 2.24) is 19.1 Å². The number of furan rings is 1. The smallest absolute Gasteiger partial charge is 0.248 e. The minimum atomic E-state index is 0.536. The summed E-state index contributed by atoms with van der Waals surface area (Å²) in [6.45, 7) is 0. The van der Waals surface area contributed by atoms with Gasteiger partial charge in [-0.3, -0.25) is 4.57 Å². The summed E-state index contributed by atoms with van der Waals surface area (Å²) in [4.78, 5) is 10.0. The zero-order valence-electron chi connectivity index (χ0n) is 26.2. The zero-order chi connectivity index (χ0) is 32.1. The summed E-state index contributed by atoms with van der Waals surface area (Å²) in [5.74, 6) is 0.727. The Hall–Kier alpha value is -6.72. The van der Waals surface area contributed by atoms with Crippen LogP contribution in [-0.4, -0.2) is 19.1 Å². The van der Waals surface area contributed by atoms with Crippen molar-refractivity contribution in [2.24, 2.45) is 0 Å². The number of hydrogen-bond acceptors (Lipinski definition) is 3. The summed E-state index contributed by atoms with van der Waals surface area (Å²) in [7, 11) is 0. The molecule has 0 aliphatic carbocycles. The second kappa shape index (κ2) is 9.89. The summed E-state index contributed by atoms with van der Waals surface area (Å²) in [6, 6.07) is 53.8. The van der Waals surface area contributed by atoms with Crippen LogP contribution in [0.2, 0.25) is 0 Å². The third-order valence-corrected chi connectivity index (χ3v) is 9.98. The zero-order valence-corrected chi connectivity index (χ0v) is 26.2. The van der Waals surface area contributed by atoms with E-state index in [2.05, 4.69) is 155 Å². The van der Waals surface area contributed by atoms with Crippen molar-refractivity contribution in [1.29, 1.82) is 0 Å². The van der Waals surface area contributed by atoms with Gasteiger partial charge in [0.25, 0.3) is 0 Å². The third-order valence-electron chi connectivity index (χ3n) is 9.98. The lowest BCUT2D eigenvalue weighted by Gasteiger charge is -2.09. The standard InChI is InChI=1S/C44H26N4O/c1-2-11-30(12-3-1)47-36-16-8-6-14-32(36)34-24-28(18-21-38(34)47)29-19-22-39-35(25-29)33-15-7-9-17-37(33)48(39)41-26-45-43-42-31-13-5-4-10-27(31)20-23-40(42)49-44(43)46-41/h1-26H. The Morgan fingerprint density at radius 1 is 0.469 bits per heavy atom. The Kier molecular flexibility index (Phi) is 5.32. The van der Waals surface area contributed by atoms with E-state index in [0.717, 1.165) is 55.2 Å².